The lowest BCUT2D eigenvalue weighted by Gasteiger charge is -2.08. The normalized spacial score (nSPS) is 11.4. The number of nitrogens with zero attached hydrogens (tertiary/aromatic N) is 2. The van der Waals surface area contributed by atoms with Crippen molar-refractivity contribution in [2.75, 3.05) is 6.61 Å². The van der Waals surface area contributed by atoms with Crippen LogP contribution < -0.4 is 10.2 Å². The van der Waals surface area contributed by atoms with Crippen LogP contribution in [0.1, 0.15) is 28.4 Å². The molecule has 2 aromatic rings. The first-order chi connectivity index (χ1) is 13.1. The molecule has 1 amide bonds. The van der Waals surface area contributed by atoms with Gasteiger partial charge in [-0.25, -0.2) is 5.43 Å². The summed E-state index contributed by atoms with van der Waals surface area (Å²) in [4.78, 5) is 22.2. The van der Waals surface area contributed by atoms with Gasteiger partial charge in [-0.1, -0.05) is 6.07 Å². The van der Waals surface area contributed by atoms with Crippen LogP contribution >= 0.6 is 0 Å². The zero-order valence-corrected chi connectivity index (χ0v) is 14.4. The van der Waals surface area contributed by atoms with E-state index < -0.39 is 28.3 Å². The Labute approximate surface area is 156 Å². The van der Waals surface area contributed by atoms with Gasteiger partial charge in [0.1, 0.15) is 0 Å². The molecule has 0 aliphatic rings. The quantitative estimate of drug-likeness (QED) is 0.440. The number of rotatable bonds is 6. The van der Waals surface area contributed by atoms with Gasteiger partial charge in [0.2, 0.25) is 0 Å². The van der Waals surface area contributed by atoms with Crippen molar-refractivity contribution in [3.05, 3.63) is 63.2 Å². The summed E-state index contributed by atoms with van der Waals surface area (Å²) in [6.07, 6.45) is -3.69. The van der Waals surface area contributed by atoms with Gasteiger partial charge in [-0.05, 0) is 25.1 Å². The van der Waals surface area contributed by atoms with Crippen LogP contribution in [0, 0.1) is 10.1 Å². The van der Waals surface area contributed by atoms with Crippen molar-refractivity contribution < 1.29 is 32.7 Å². The van der Waals surface area contributed by atoms with Crippen LogP contribution in [0.5, 0.6) is 11.5 Å². The van der Waals surface area contributed by atoms with Gasteiger partial charge in [0, 0.05) is 17.2 Å². The Morgan fingerprint density at radius 2 is 2.07 bits per heavy atom. The summed E-state index contributed by atoms with van der Waals surface area (Å²) >= 11 is 0. The van der Waals surface area contributed by atoms with Crippen molar-refractivity contribution in [2.24, 2.45) is 5.10 Å². The maximum atomic E-state index is 12.7. The molecule has 2 aromatic carbocycles. The van der Waals surface area contributed by atoms with Crippen LogP contribution in [0.3, 0.4) is 0 Å². The SMILES string of the molecule is CCOc1cc([N+](=O)[O-])cc(/C=N\NC(=O)c2cccc(C(F)(F)F)c2)c1O. The number of nitro groups is 1. The molecule has 0 bridgehead atoms. The Bertz CT molecular complexity index is 929. The summed E-state index contributed by atoms with van der Waals surface area (Å²) in [6.45, 7) is 1.75. The molecule has 28 heavy (non-hydrogen) atoms. The predicted molar refractivity (Wildman–Crippen MR) is 92.4 cm³/mol. The molecule has 2 N–H and O–H groups in total. The van der Waals surface area contributed by atoms with E-state index in [1.807, 2.05) is 5.43 Å². The molecule has 0 aliphatic carbocycles. The lowest BCUT2D eigenvalue weighted by Crippen LogP contribution is -2.18. The number of carbonyl (C=O) groups excluding carboxylic acids is 1. The number of alkyl halides is 3. The summed E-state index contributed by atoms with van der Waals surface area (Å²) < 4.78 is 43.2. The number of non-ortho nitro benzene ring substituents is 1. The third-order valence-corrected chi connectivity index (χ3v) is 3.42. The van der Waals surface area contributed by atoms with Crippen molar-refractivity contribution in [3.63, 3.8) is 0 Å². The van der Waals surface area contributed by atoms with Gasteiger partial charge in [0.05, 0.1) is 29.4 Å². The van der Waals surface area contributed by atoms with Gasteiger partial charge in [-0.3, -0.25) is 14.9 Å². The van der Waals surface area contributed by atoms with E-state index in [9.17, 15) is 33.2 Å². The molecule has 0 atom stereocenters. The summed E-state index contributed by atoms with van der Waals surface area (Å²) in [5.41, 5.74) is 0.204. The molecular weight excluding hydrogens is 383 g/mol. The number of benzene rings is 2. The van der Waals surface area contributed by atoms with Crippen LogP contribution in [0.15, 0.2) is 41.5 Å². The molecule has 148 valence electrons. The second kappa shape index (κ2) is 8.37. The van der Waals surface area contributed by atoms with Crippen LogP contribution in [0.2, 0.25) is 0 Å². The molecule has 0 aliphatic heterocycles. The highest BCUT2D eigenvalue weighted by molar-refractivity contribution is 5.95. The van der Waals surface area contributed by atoms with E-state index in [0.29, 0.717) is 6.07 Å². The molecule has 0 heterocycles. The standard InChI is InChI=1S/C17H14F3N3O5/c1-2-28-14-8-13(23(26)27)7-11(15(14)24)9-21-22-16(25)10-4-3-5-12(6-10)17(18,19)20/h3-9,24H,2H2,1H3,(H,22,25)/b21-9-. The van der Waals surface area contributed by atoms with Crippen LogP contribution in [0.4, 0.5) is 18.9 Å². The van der Waals surface area contributed by atoms with Crippen LogP contribution in [0.25, 0.3) is 0 Å². The number of phenols is 1. The number of hydrazone groups is 1. The Kier molecular flexibility index (Phi) is 6.18. The predicted octanol–water partition coefficient (Wildman–Crippen LogP) is 3.48. The van der Waals surface area contributed by atoms with E-state index in [4.69, 9.17) is 4.74 Å². The fourth-order valence-electron chi connectivity index (χ4n) is 2.15. The maximum absolute atomic E-state index is 12.7. The van der Waals surface area contributed by atoms with E-state index in [-0.39, 0.29) is 29.2 Å². The summed E-state index contributed by atoms with van der Waals surface area (Å²) in [7, 11) is 0. The van der Waals surface area contributed by atoms with Gasteiger partial charge < -0.3 is 9.84 Å². The number of hydrogen-bond acceptors (Lipinski definition) is 6. The molecule has 0 saturated carbocycles. The largest absolute Gasteiger partial charge is 0.504 e. The number of nitrogens with one attached hydrogen (secondary N) is 1. The summed E-state index contributed by atoms with van der Waals surface area (Å²) in [5, 5.41) is 24.5. The molecule has 11 heteroatoms. The van der Waals surface area contributed by atoms with E-state index in [1.54, 1.807) is 6.92 Å². The summed E-state index contributed by atoms with van der Waals surface area (Å²) in [5.74, 6) is -1.52. The van der Waals surface area contributed by atoms with E-state index >= 15 is 0 Å². The third kappa shape index (κ3) is 4.96. The number of hydrogen-bond donors (Lipinski definition) is 2. The molecule has 8 nitrogen and oxygen atoms in total. The molecular formula is C17H14F3N3O5. The average molecular weight is 397 g/mol. The van der Waals surface area contributed by atoms with Gasteiger partial charge in [0.25, 0.3) is 11.6 Å². The lowest BCUT2D eigenvalue weighted by molar-refractivity contribution is -0.385. The van der Waals surface area contributed by atoms with Gasteiger partial charge >= 0.3 is 6.18 Å². The Morgan fingerprint density at radius 1 is 1.36 bits per heavy atom. The molecule has 0 spiro atoms. The number of amides is 1. The second-order valence-corrected chi connectivity index (χ2v) is 5.35. The zero-order chi connectivity index (χ0) is 20.9. The third-order valence-electron chi connectivity index (χ3n) is 3.42. The molecule has 0 aromatic heterocycles. The Morgan fingerprint density at radius 3 is 2.68 bits per heavy atom. The number of ether oxygens (including phenoxy) is 1. The van der Waals surface area contributed by atoms with Crippen molar-refractivity contribution in [3.8, 4) is 11.5 Å². The number of halogens is 3. The molecule has 2 rings (SSSR count). The number of nitro benzene ring substituents is 1. The van der Waals surface area contributed by atoms with Crippen molar-refractivity contribution >= 4 is 17.8 Å². The first-order valence-electron chi connectivity index (χ1n) is 7.78. The van der Waals surface area contributed by atoms with E-state index in [1.165, 1.54) is 0 Å². The van der Waals surface area contributed by atoms with Gasteiger partial charge in [-0.2, -0.15) is 18.3 Å². The summed E-state index contributed by atoms with van der Waals surface area (Å²) in [6, 6.07) is 5.73. The maximum Gasteiger partial charge on any atom is 0.416 e. The van der Waals surface area contributed by atoms with E-state index in [2.05, 4.69) is 5.10 Å². The minimum Gasteiger partial charge on any atom is -0.504 e. The first-order valence-corrected chi connectivity index (χ1v) is 7.78. The smallest absolute Gasteiger partial charge is 0.416 e. The van der Waals surface area contributed by atoms with Crippen LogP contribution in [-0.4, -0.2) is 28.8 Å². The molecule has 0 saturated heterocycles. The topological polar surface area (TPSA) is 114 Å². The fourth-order valence-corrected chi connectivity index (χ4v) is 2.15. The first kappa shape index (κ1) is 20.7. The number of phenolic OH excluding ortho intramolecular Hbond substituents is 1. The Balaban J connectivity index is 2.22. The van der Waals surface area contributed by atoms with Crippen molar-refractivity contribution in [1.29, 1.82) is 0 Å². The minimum atomic E-state index is -4.61. The average Bonchev–Trinajstić information content (AvgIpc) is 2.63. The van der Waals surface area contributed by atoms with Gasteiger partial charge in [-0.15, -0.1) is 0 Å². The highest BCUT2D eigenvalue weighted by Crippen LogP contribution is 2.34. The van der Waals surface area contributed by atoms with Crippen LogP contribution in [-0.2, 0) is 6.18 Å². The zero-order valence-electron chi connectivity index (χ0n) is 14.4. The number of carbonyl (C=O) groups is 1. The molecule has 0 fully saturated rings. The van der Waals surface area contributed by atoms with E-state index in [0.717, 1.165) is 36.5 Å². The highest BCUT2D eigenvalue weighted by Gasteiger charge is 2.30. The molecule has 0 unspecified atom stereocenters. The monoisotopic (exact) mass is 397 g/mol. The van der Waals surface area contributed by atoms with Crippen molar-refractivity contribution in [2.45, 2.75) is 13.1 Å². The van der Waals surface area contributed by atoms with Gasteiger partial charge in [0.15, 0.2) is 11.5 Å². The minimum absolute atomic E-state index is 0.123. The van der Waals surface area contributed by atoms with Crippen molar-refractivity contribution in [1.82, 2.24) is 5.43 Å². The Hall–Kier alpha value is -3.63. The fraction of sp³-hybridized carbons (Fsp3) is 0.176. The highest BCUT2D eigenvalue weighted by atomic mass is 19.4. The number of aromatic hydroxyl groups is 1. The lowest BCUT2D eigenvalue weighted by atomic mass is 10.1. The molecule has 0 radical (unpaired) electrons. The second-order valence-electron chi connectivity index (χ2n) is 5.35.